The van der Waals surface area contributed by atoms with Crippen molar-refractivity contribution in [1.82, 2.24) is 4.90 Å². The molecule has 0 saturated carbocycles. The van der Waals surface area contributed by atoms with Gasteiger partial charge >= 0.3 is 17.8 Å². The predicted molar refractivity (Wildman–Crippen MR) is 128 cm³/mol. The lowest BCUT2D eigenvalue weighted by molar-refractivity contribution is -0.164. The van der Waals surface area contributed by atoms with Crippen molar-refractivity contribution >= 4 is 42.0 Å². The second kappa shape index (κ2) is 11.5. The van der Waals surface area contributed by atoms with Crippen LogP contribution in [0.2, 0.25) is 0 Å². The van der Waals surface area contributed by atoms with Crippen LogP contribution in [0.4, 0.5) is 0 Å². The molecule has 1 unspecified atom stereocenters. The van der Waals surface area contributed by atoms with Crippen LogP contribution in [0.25, 0.3) is 0 Å². The Hall–Kier alpha value is -3.66. The first-order valence-electron chi connectivity index (χ1n) is 10.4. The predicted octanol–water partition coefficient (Wildman–Crippen LogP) is 2.99. The fourth-order valence-electron chi connectivity index (χ4n) is 3.36. The summed E-state index contributed by atoms with van der Waals surface area (Å²) in [5.74, 6) is -2.94. The maximum absolute atomic E-state index is 13.0. The smallest absolute Gasteiger partial charge is 0.422 e. The van der Waals surface area contributed by atoms with Gasteiger partial charge in [0.2, 0.25) is 0 Å². The zero-order valence-corrected chi connectivity index (χ0v) is 19.8. The van der Waals surface area contributed by atoms with Gasteiger partial charge in [0.05, 0.1) is 19.5 Å². The summed E-state index contributed by atoms with van der Waals surface area (Å²) in [5.41, 5.74) is 1.60. The zero-order valence-electron chi connectivity index (χ0n) is 19.0. The Balaban J connectivity index is 1.74. The molecule has 1 fully saturated rings. The molecule has 0 aromatic heterocycles. The highest BCUT2D eigenvalue weighted by Crippen LogP contribution is 2.44. The molecule has 10 heteroatoms. The molecular weight excluding hydrogens is 458 g/mol. The van der Waals surface area contributed by atoms with E-state index in [1.54, 1.807) is 38.1 Å². The number of oxime groups is 2. The number of nitrogens with zero attached hydrogens (tertiary/aromatic N) is 3. The molecule has 0 radical (unpaired) electrons. The minimum absolute atomic E-state index is 0.225. The normalized spacial score (nSPS) is 19.3. The highest BCUT2D eigenvalue weighted by Gasteiger charge is 2.55. The van der Waals surface area contributed by atoms with Gasteiger partial charge in [-0.05, 0) is 25.0 Å². The molecule has 1 aliphatic rings. The third-order valence-electron chi connectivity index (χ3n) is 4.94. The number of thioether (sulfide) groups is 1. The number of ether oxygens (including phenoxy) is 1. The van der Waals surface area contributed by atoms with Crippen LogP contribution in [-0.2, 0) is 35.4 Å². The number of carbonyl (C=O) groups is 3. The van der Waals surface area contributed by atoms with E-state index in [9.17, 15) is 14.4 Å². The van der Waals surface area contributed by atoms with E-state index in [1.807, 2.05) is 36.4 Å². The third-order valence-corrected chi connectivity index (χ3v) is 6.36. The zero-order chi connectivity index (χ0) is 24.6. The van der Waals surface area contributed by atoms with Crippen LogP contribution in [0, 0.1) is 0 Å². The Bertz CT molecular complexity index is 1060. The van der Waals surface area contributed by atoms with Crippen molar-refractivity contribution < 1.29 is 28.8 Å². The quantitative estimate of drug-likeness (QED) is 0.196. The number of amides is 1. The van der Waals surface area contributed by atoms with Gasteiger partial charge in [0.15, 0.2) is 0 Å². The summed E-state index contributed by atoms with van der Waals surface area (Å²) in [6, 6.07) is 17.3. The number of methoxy groups -OCH3 is 1. The first-order chi connectivity index (χ1) is 16.3. The number of rotatable bonds is 7. The SMILES string of the molecule is COC(=O)[C@@H]1N(C(=O)C(=O)O/N=C/c2ccccc2)C(/C=N/OCc2ccccc2)SC1(C)C. The van der Waals surface area contributed by atoms with Crippen molar-refractivity contribution in [3.8, 4) is 0 Å². The molecule has 2 aromatic rings. The van der Waals surface area contributed by atoms with Gasteiger partial charge in [0, 0.05) is 4.75 Å². The second-order valence-electron chi connectivity index (χ2n) is 7.79. The molecule has 1 saturated heterocycles. The van der Waals surface area contributed by atoms with Crippen molar-refractivity contribution in [2.24, 2.45) is 10.3 Å². The van der Waals surface area contributed by atoms with Gasteiger partial charge in [0.1, 0.15) is 18.0 Å². The van der Waals surface area contributed by atoms with E-state index in [-0.39, 0.29) is 6.61 Å². The number of esters is 1. The van der Waals surface area contributed by atoms with Gasteiger partial charge in [0.25, 0.3) is 0 Å². The van der Waals surface area contributed by atoms with E-state index in [4.69, 9.17) is 14.4 Å². The molecule has 1 heterocycles. The van der Waals surface area contributed by atoms with Crippen molar-refractivity contribution in [2.45, 2.75) is 36.6 Å². The standard InChI is InChI=1S/C24H25N3O6S/c1-24(2)20(22(29)31-3)27(19(34-24)15-25-32-16-18-12-8-5-9-13-18)21(28)23(30)33-26-14-17-10-6-4-7-11-17/h4-15,19-20H,16H2,1-3H3/b25-15+,26-14+/t19?,20-/m0/s1. The van der Waals surface area contributed by atoms with E-state index in [0.29, 0.717) is 5.56 Å². The second-order valence-corrected chi connectivity index (χ2v) is 9.56. The summed E-state index contributed by atoms with van der Waals surface area (Å²) in [5, 5.41) is 6.77. The van der Waals surface area contributed by atoms with Crippen LogP contribution < -0.4 is 0 Å². The molecule has 0 spiro atoms. The third kappa shape index (κ3) is 6.22. The molecule has 34 heavy (non-hydrogen) atoms. The lowest BCUT2D eigenvalue weighted by atomic mass is 10.0. The highest BCUT2D eigenvalue weighted by molar-refractivity contribution is 8.02. The average molecular weight is 484 g/mol. The Kier molecular flexibility index (Phi) is 8.42. The molecule has 2 atom stereocenters. The Labute approximate surface area is 201 Å². The number of carbonyl (C=O) groups excluding carboxylic acids is 3. The summed E-state index contributed by atoms with van der Waals surface area (Å²) >= 11 is 1.27. The number of benzene rings is 2. The van der Waals surface area contributed by atoms with Crippen molar-refractivity contribution in [2.75, 3.05) is 7.11 Å². The van der Waals surface area contributed by atoms with Gasteiger partial charge < -0.3 is 19.3 Å². The molecule has 1 aliphatic heterocycles. The topological polar surface area (TPSA) is 107 Å². The molecule has 3 rings (SSSR count). The molecule has 0 bridgehead atoms. The minimum atomic E-state index is -1.23. The summed E-state index contributed by atoms with van der Waals surface area (Å²) in [7, 11) is 1.22. The summed E-state index contributed by atoms with van der Waals surface area (Å²) in [6.07, 6.45) is 2.68. The van der Waals surface area contributed by atoms with Gasteiger partial charge in [-0.1, -0.05) is 71.0 Å². The van der Waals surface area contributed by atoms with E-state index < -0.39 is 34.0 Å². The van der Waals surface area contributed by atoms with Crippen molar-refractivity contribution in [3.05, 3.63) is 71.8 Å². The van der Waals surface area contributed by atoms with Crippen LogP contribution in [0.1, 0.15) is 25.0 Å². The Morgan fingerprint density at radius 2 is 1.68 bits per heavy atom. The van der Waals surface area contributed by atoms with E-state index in [0.717, 1.165) is 10.5 Å². The molecule has 1 amide bonds. The fraction of sp³-hybridized carbons (Fsp3) is 0.292. The molecule has 178 valence electrons. The summed E-state index contributed by atoms with van der Waals surface area (Å²) in [6.45, 7) is 3.77. The lowest BCUT2D eigenvalue weighted by Gasteiger charge is -2.28. The van der Waals surface area contributed by atoms with Crippen LogP contribution in [0.5, 0.6) is 0 Å². The lowest BCUT2D eigenvalue weighted by Crippen LogP contribution is -2.53. The average Bonchev–Trinajstić information content (AvgIpc) is 3.12. The maximum atomic E-state index is 13.0. The van der Waals surface area contributed by atoms with Crippen molar-refractivity contribution in [1.29, 1.82) is 0 Å². The molecule has 0 N–H and O–H groups in total. The summed E-state index contributed by atoms with van der Waals surface area (Å²) < 4.78 is 4.13. The number of hydrogen-bond acceptors (Lipinski definition) is 9. The molecule has 9 nitrogen and oxygen atoms in total. The summed E-state index contributed by atoms with van der Waals surface area (Å²) in [4.78, 5) is 49.3. The van der Waals surface area contributed by atoms with Crippen LogP contribution in [0.15, 0.2) is 71.0 Å². The molecular formula is C24H25N3O6S. The van der Waals surface area contributed by atoms with Crippen LogP contribution in [0.3, 0.4) is 0 Å². The van der Waals surface area contributed by atoms with E-state index in [2.05, 4.69) is 10.3 Å². The first kappa shape index (κ1) is 25.0. The Morgan fingerprint density at radius 1 is 1.03 bits per heavy atom. The van der Waals surface area contributed by atoms with Crippen LogP contribution >= 0.6 is 11.8 Å². The van der Waals surface area contributed by atoms with Gasteiger partial charge in [-0.3, -0.25) is 4.79 Å². The van der Waals surface area contributed by atoms with Gasteiger partial charge in [-0.25, -0.2) is 9.59 Å². The van der Waals surface area contributed by atoms with Crippen LogP contribution in [-0.4, -0.2) is 58.4 Å². The fourth-order valence-corrected chi connectivity index (χ4v) is 4.76. The molecule has 0 aliphatic carbocycles. The van der Waals surface area contributed by atoms with E-state index in [1.165, 1.54) is 31.3 Å². The van der Waals surface area contributed by atoms with E-state index >= 15 is 0 Å². The van der Waals surface area contributed by atoms with Gasteiger partial charge in [-0.15, -0.1) is 11.8 Å². The number of hydrogen-bond donors (Lipinski definition) is 0. The first-order valence-corrected chi connectivity index (χ1v) is 11.3. The van der Waals surface area contributed by atoms with Gasteiger partial charge in [-0.2, -0.15) is 0 Å². The minimum Gasteiger partial charge on any atom is -0.467 e. The molecule has 2 aromatic carbocycles. The monoisotopic (exact) mass is 483 g/mol. The largest absolute Gasteiger partial charge is 0.467 e. The maximum Gasteiger partial charge on any atom is 0.422 e. The Morgan fingerprint density at radius 3 is 2.32 bits per heavy atom. The highest BCUT2D eigenvalue weighted by atomic mass is 32.2. The van der Waals surface area contributed by atoms with Crippen molar-refractivity contribution in [3.63, 3.8) is 0 Å².